The molecule has 0 N–H and O–H groups in total. The third-order valence-corrected chi connectivity index (χ3v) is 6.08. The van der Waals surface area contributed by atoms with Crippen LogP contribution in [-0.4, -0.2) is 28.8 Å². The Morgan fingerprint density at radius 3 is 2.35 bits per heavy atom. The van der Waals surface area contributed by atoms with Crippen molar-refractivity contribution < 1.29 is 35.8 Å². The fraction of sp³-hybridized carbons (Fsp3) is 0.333. The van der Waals surface area contributed by atoms with Gasteiger partial charge in [0.2, 0.25) is 5.88 Å². The van der Waals surface area contributed by atoms with Crippen molar-refractivity contribution in [2.75, 3.05) is 18.0 Å². The number of hydrogen-bond donors (Lipinski definition) is 0. The van der Waals surface area contributed by atoms with Crippen molar-refractivity contribution in [2.24, 2.45) is 7.05 Å². The summed E-state index contributed by atoms with van der Waals surface area (Å²) >= 11 is 5.55. The minimum Gasteiger partial charge on any atom is -0.473 e. The van der Waals surface area contributed by atoms with Crippen LogP contribution in [0.4, 0.5) is 32.2 Å². The predicted octanol–water partition coefficient (Wildman–Crippen LogP) is 6.04. The van der Waals surface area contributed by atoms with E-state index in [9.17, 15) is 31.1 Å². The topological polar surface area (TPSA) is 56.6 Å². The summed E-state index contributed by atoms with van der Waals surface area (Å²) in [5.41, 5.74) is -1.83. The Morgan fingerprint density at radius 1 is 1.08 bits per heavy atom. The quantitative estimate of drug-likeness (QED) is 0.352. The molecule has 13 heteroatoms. The van der Waals surface area contributed by atoms with Crippen LogP contribution < -0.4 is 20.1 Å². The van der Waals surface area contributed by atoms with Crippen molar-refractivity contribution in [1.82, 2.24) is 9.55 Å². The highest BCUT2D eigenvalue weighted by Gasteiger charge is 2.34. The summed E-state index contributed by atoms with van der Waals surface area (Å²) in [5.74, 6) is -3.38. The van der Waals surface area contributed by atoms with E-state index in [2.05, 4.69) is 4.98 Å². The number of benzene rings is 2. The molecule has 0 saturated carbocycles. The number of nitrogens with zero attached hydrogens (tertiary/aromatic N) is 3. The average molecular weight is 548 g/mol. The summed E-state index contributed by atoms with van der Waals surface area (Å²) < 4.78 is 93.7. The summed E-state index contributed by atoms with van der Waals surface area (Å²) in [7, 11) is 1.51. The highest BCUT2D eigenvalue weighted by atomic mass is 35.5. The van der Waals surface area contributed by atoms with E-state index in [1.165, 1.54) is 17.7 Å². The zero-order valence-corrected chi connectivity index (χ0v) is 20.0. The fourth-order valence-electron chi connectivity index (χ4n) is 3.81. The van der Waals surface area contributed by atoms with Gasteiger partial charge in [0.05, 0.1) is 10.6 Å². The van der Waals surface area contributed by atoms with Gasteiger partial charge in [-0.15, -0.1) is 0 Å². The second-order valence-corrected chi connectivity index (χ2v) is 8.78. The Labute approximate surface area is 212 Å². The normalized spacial score (nSPS) is 14.6. The molecule has 0 unspecified atom stereocenters. The number of hydrogen-bond acceptors (Lipinski definition) is 5. The maximum absolute atomic E-state index is 14.6. The molecule has 1 saturated heterocycles. The summed E-state index contributed by atoms with van der Waals surface area (Å²) in [4.78, 5) is 17.9. The van der Waals surface area contributed by atoms with Crippen LogP contribution in [0.5, 0.6) is 17.4 Å². The molecule has 0 aliphatic carbocycles. The molecule has 3 aromatic rings. The van der Waals surface area contributed by atoms with E-state index in [1.807, 2.05) is 4.90 Å². The van der Waals surface area contributed by atoms with E-state index in [0.29, 0.717) is 37.8 Å². The lowest BCUT2D eigenvalue weighted by Gasteiger charge is -2.31. The van der Waals surface area contributed by atoms with Gasteiger partial charge in [-0.2, -0.15) is 18.2 Å². The van der Waals surface area contributed by atoms with Gasteiger partial charge in [0.15, 0.2) is 17.4 Å². The van der Waals surface area contributed by atoms with Crippen LogP contribution in [0, 0.1) is 11.6 Å². The molecule has 0 bridgehead atoms. The lowest BCUT2D eigenvalue weighted by molar-refractivity contribution is -0.137. The summed E-state index contributed by atoms with van der Waals surface area (Å²) in [6, 6.07) is 5.72. The van der Waals surface area contributed by atoms with Gasteiger partial charge in [-0.25, -0.2) is 18.0 Å². The van der Waals surface area contributed by atoms with Crippen LogP contribution in [-0.2, 0) is 19.8 Å². The highest BCUT2D eigenvalue weighted by Crippen LogP contribution is 2.38. The molecule has 2 aromatic carbocycles. The van der Waals surface area contributed by atoms with Crippen LogP contribution >= 0.6 is 11.6 Å². The van der Waals surface area contributed by atoms with Gasteiger partial charge in [0.25, 0.3) is 0 Å². The number of ether oxygens (including phenoxy) is 2. The van der Waals surface area contributed by atoms with E-state index in [-0.39, 0.29) is 18.1 Å². The van der Waals surface area contributed by atoms with Crippen molar-refractivity contribution in [3.63, 3.8) is 0 Å². The van der Waals surface area contributed by atoms with Gasteiger partial charge in [0, 0.05) is 26.2 Å². The van der Waals surface area contributed by atoms with Crippen LogP contribution in [0.25, 0.3) is 0 Å². The SMILES string of the molecule is Cn1c(N2CCC(F)CC2)cc(OCc2cc(F)c(Oc3ccc(Cl)c(C(F)(F)F)c3)c(F)c2)nc1=O. The van der Waals surface area contributed by atoms with Crippen molar-refractivity contribution in [3.05, 3.63) is 74.7 Å². The Morgan fingerprint density at radius 2 is 1.73 bits per heavy atom. The van der Waals surface area contributed by atoms with E-state index >= 15 is 0 Å². The van der Waals surface area contributed by atoms with Crippen molar-refractivity contribution in [1.29, 1.82) is 0 Å². The lowest BCUT2D eigenvalue weighted by atomic mass is 10.1. The third kappa shape index (κ3) is 6.12. The molecule has 2 heterocycles. The van der Waals surface area contributed by atoms with Gasteiger partial charge in [-0.1, -0.05) is 11.6 Å². The molecule has 1 fully saturated rings. The van der Waals surface area contributed by atoms with Gasteiger partial charge in [0.1, 0.15) is 24.3 Å². The third-order valence-electron chi connectivity index (χ3n) is 5.75. The van der Waals surface area contributed by atoms with Crippen LogP contribution in [0.3, 0.4) is 0 Å². The Balaban J connectivity index is 1.50. The molecule has 1 aromatic heterocycles. The van der Waals surface area contributed by atoms with Crippen molar-refractivity contribution in [3.8, 4) is 17.4 Å². The van der Waals surface area contributed by atoms with Crippen LogP contribution in [0.2, 0.25) is 5.02 Å². The maximum Gasteiger partial charge on any atom is 0.417 e. The minimum atomic E-state index is -4.79. The second-order valence-electron chi connectivity index (χ2n) is 8.37. The van der Waals surface area contributed by atoms with E-state index in [4.69, 9.17) is 21.1 Å². The van der Waals surface area contributed by atoms with Crippen molar-refractivity contribution in [2.45, 2.75) is 31.8 Å². The number of alkyl halides is 4. The van der Waals surface area contributed by atoms with Crippen LogP contribution in [0.15, 0.2) is 41.2 Å². The number of aromatic nitrogens is 2. The Bertz CT molecular complexity index is 1330. The first kappa shape index (κ1) is 26.6. The predicted molar refractivity (Wildman–Crippen MR) is 123 cm³/mol. The summed E-state index contributed by atoms with van der Waals surface area (Å²) in [5, 5.41) is -0.590. The largest absolute Gasteiger partial charge is 0.473 e. The number of rotatable bonds is 6. The van der Waals surface area contributed by atoms with Gasteiger partial charge < -0.3 is 14.4 Å². The molecule has 1 aliphatic rings. The molecule has 0 spiro atoms. The molecule has 0 radical (unpaired) electrons. The first-order valence-corrected chi connectivity index (χ1v) is 11.4. The number of anilines is 1. The van der Waals surface area contributed by atoms with E-state index < -0.39 is 51.8 Å². The molecule has 0 atom stereocenters. The zero-order valence-electron chi connectivity index (χ0n) is 19.3. The Kier molecular flexibility index (Phi) is 7.58. The molecule has 198 valence electrons. The number of halogens is 7. The highest BCUT2D eigenvalue weighted by molar-refractivity contribution is 6.31. The van der Waals surface area contributed by atoms with E-state index in [0.717, 1.165) is 24.3 Å². The maximum atomic E-state index is 14.6. The van der Waals surface area contributed by atoms with Gasteiger partial charge in [-0.3, -0.25) is 4.57 Å². The van der Waals surface area contributed by atoms with Crippen LogP contribution in [0.1, 0.15) is 24.0 Å². The van der Waals surface area contributed by atoms with Gasteiger partial charge >= 0.3 is 11.9 Å². The smallest absolute Gasteiger partial charge is 0.417 e. The summed E-state index contributed by atoms with van der Waals surface area (Å²) in [6.45, 7) is 0.418. The molecular weight excluding hydrogens is 528 g/mol. The molecule has 37 heavy (non-hydrogen) atoms. The minimum absolute atomic E-state index is 0.0108. The fourth-order valence-corrected chi connectivity index (χ4v) is 4.04. The van der Waals surface area contributed by atoms with Crippen molar-refractivity contribution >= 4 is 17.4 Å². The first-order valence-electron chi connectivity index (χ1n) is 11.0. The second kappa shape index (κ2) is 10.5. The molecule has 4 rings (SSSR count). The average Bonchev–Trinajstić information content (AvgIpc) is 2.83. The Hall–Kier alpha value is -3.41. The zero-order chi connectivity index (χ0) is 26.9. The lowest BCUT2D eigenvalue weighted by Crippen LogP contribution is -2.38. The summed E-state index contributed by atoms with van der Waals surface area (Å²) in [6.07, 6.45) is -5.07. The standard InChI is InChI=1S/C24H20ClF6N3O3/c1-33-21(34-6-4-14(26)5-7-34)11-20(32-23(33)35)36-12-13-8-18(27)22(19(28)9-13)37-15-2-3-17(25)16(10-15)24(29,30)31/h2-3,8-11,14H,4-7,12H2,1H3. The van der Waals surface area contributed by atoms with Gasteiger partial charge in [-0.05, 0) is 48.7 Å². The first-order chi connectivity index (χ1) is 17.4. The number of piperidine rings is 1. The molecule has 6 nitrogen and oxygen atoms in total. The molecule has 1 aliphatic heterocycles. The van der Waals surface area contributed by atoms with E-state index in [1.54, 1.807) is 0 Å². The molecular formula is C24H20ClF6N3O3. The monoisotopic (exact) mass is 547 g/mol. The molecule has 0 amide bonds.